The van der Waals surface area contributed by atoms with E-state index in [-0.39, 0.29) is 0 Å². The number of H-pyrrole nitrogens is 1. The highest BCUT2D eigenvalue weighted by atomic mass is 32.1. The van der Waals surface area contributed by atoms with Crippen LogP contribution >= 0.6 is 23.6 Å². The summed E-state index contributed by atoms with van der Waals surface area (Å²) in [4.78, 5) is 8.38. The maximum Gasteiger partial charge on any atom is 0.284 e. The Balaban J connectivity index is 1.71. The predicted molar refractivity (Wildman–Crippen MR) is 76.9 cm³/mol. The Labute approximate surface area is 120 Å². The van der Waals surface area contributed by atoms with Crippen molar-refractivity contribution in [2.45, 2.75) is 26.2 Å². The van der Waals surface area contributed by atoms with Gasteiger partial charge >= 0.3 is 0 Å². The Kier molecular flexibility index (Phi) is 3.76. The summed E-state index contributed by atoms with van der Waals surface area (Å²) in [6, 6.07) is 0. The van der Waals surface area contributed by atoms with Crippen LogP contribution in [0.1, 0.15) is 23.5 Å². The van der Waals surface area contributed by atoms with Gasteiger partial charge in [-0.1, -0.05) is 0 Å². The van der Waals surface area contributed by atoms with Gasteiger partial charge < -0.3 is 9.32 Å². The molecule has 2 aromatic heterocycles. The predicted octanol–water partition coefficient (Wildman–Crippen LogP) is 2.80. The number of likely N-dealkylation sites (tertiary alicyclic amines) is 1. The molecule has 0 amide bonds. The maximum absolute atomic E-state index is 5.35. The van der Waals surface area contributed by atoms with Crippen molar-refractivity contribution in [2.24, 2.45) is 0 Å². The van der Waals surface area contributed by atoms with Crippen LogP contribution in [0.4, 0.5) is 0 Å². The Morgan fingerprint density at radius 2 is 2.21 bits per heavy atom. The second-order valence-electron chi connectivity index (χ2n) is 4.74. The lowest BCUT2D eigenvalue weighted by molar-refractivity contribution is 0.343. The summed E-state index contributed by atoms with van der Waals surface area (Å²) in [7, 11) is 0. The number of rotatable bonds is 4. The molecule has 1 fully saturated rings. The minimum Gasteiger partial charge on any atom is -0.408 e. The Morgan fingerprint density at radius 1 is 1.42 bits per heavy atom. The lowest BCUT2D eigenvalue weighted by Crippen LogP contribution is -2.21. The van der Waals surface area contributed by atoms with Crippen LogP contribution in [-0.2, 0) is 6.42 Å². The molecule has 0 unspecified atom stereocenters. The third kappa shape index (κ3) is 2.93. The van der Waals surface area contributed by atoms with Crippen molar-refractivity contribution >= 4 is 23.6 Å². The van der Waals surface area contributed by atoms with E-state index in [1.54, 1.807) is 11.3 Å². The summed E-state index contributed by atoms with van der Waals surface area (Å²) in [5, 5.41) is 7.85. The minimum atomic E-state index is 0.307. The second-order valence-corrected chi connectivity index (χ2v) is 6.19. The lowest BCUT2D eigenvalue weighted by atomic mass is 10.4. The monoisotopic (exact) mass is 296 g/mol. The molecule has 1 N–H and O–H groups in total. The average molecular weight is 296 g/mol. The molecule has 3 rings (SSSR count). The maximum atomic E-state index is 5.35. The Bertz CT molecular complexity index is 609. The van der Waals surface area contributed by atoms with E-state index in [1.807, 2.05) is 6.92 Å². The summed E-state index contributed by atoms with van der Waals surface area (Å²) in [5.74, 6) is 0.549. The van der Waals surface area contributed by atoms with Gasteiger partial charge in [0, 0.05) is 13.0 Å². The van der Waals surface area contributed by atoms with Crippen molar-refractivity contribution in [3.05, 3.63) is 15.5 Å². The van der Waals surface area contributed by atoms with E-state index in [0.29, 0.717) is 10.7 Å². The van der Waals surface area contributed by atoms with E-state index in [4.69, 9.17) is 16.6 Å². The minimum absolute atomic E-state index is 0.307. The first-order valence-corrected chi connectivity index (χ1v) is 7.69. The number of thiazole rings is 1. The van der Waals surface area contributed by atoms with Crippen LogP contribution in [0.3, 0.4) is 0 Å². The molecule has 0 saturated carbocycles. The molecule has 0 radical (unpaired) electrons. The lowest BCUT2D eigenvalue weighted by Gasteiger charge is -2.12. The van der Waals surface area contributed by atoms with Crippen molar-refractivity contribution in [1.82, 2.24) is 20.1 Å². The summed E-state index contributed by atoms with van der Waals surface area (Å²) in [6.07, 6.45) is 3.66. The smallest absolute Gasteiger partial charge is 0.284 e. The molecule has 0 bridgehead atoms. The van der Waals surface area contributed by atoms with E-state index in [1.165, 1.54) is 25.9 Å². The molecule has 3 heterocycles. The molecule has 7 heteroatoms. The molecule has 1 saturated heterocycles. The Morgan fingerprint density at radius 3 is 2.89 bits per heavy atom. The van der Waals surface area contributed by atoms with Gasteiger partial charge in [-0.05, 0) is 45.1 Å². The number of aromatic amines is 1. The van der Waals surface area contributed by atoms with Crippen molar-refractivity contribution in [1.29, 1.82) is 0 Å². The highest BCUT2D eigenvalue weighted by molar-refractivity contribution is 7.71. The largest absolute Gasteiger partial charge is 0.408 e. The molecule has 5 nitrogen and oxygen atoms in total. The van der Waals surface area contributed by atoms with Crippen molar-refractivity contribution < 1.29 is 4.42 Å². The van der Waals surface area contributed by atoms with Gasteiger partial charge in [-0.15, -0.1) is 16.4 Å². The number of nitrogens with one attached hydrogen (secondary N) is 1. The van der Waals surface area contributed by atoms with Crippen LogP contribution in [0.5, 0.6) is 0 Å². The molecule has 19 heavy (non-hydrogen) atoms. The fourth-order valence-electron chi connectivity index (χ4n) is 2.34. The van der Waals surface area contributed by atoms with Crippen LogP contribution in [0.15, 0.2) is 4.42 Å². The van der Waals surface area contributed by atoms with E-state index in [9.17, 15) is 0 Å². The number of aromatic nitrogens is 3. The molecule has 1 aliphatic rings. The third-order valence-electron chi connectivity index (χ3n) is 3.31. The van der Waals surface area contributed by atoms with E-state index >= 15 is 0 Å². The number of aryl methyl sites for hydroxylation is 1. The molecule has 0 aromatic carbocycles. The van der Waals surface area contributed by atoms with E-state index in [2.05, 4.69) is 20.1 Å². The van der Waals surface area contributed by atoms with Crippen LogP contribution < -0.4 is 0 Å². The van der Waals surface area contributed by atoms with Crippen molar-refractivity contribution in [3.63, 3.8) is 0 Å². The summed E-state index contributed by atoms with van der Waals surface area (Å²) in [5.41, 5.74) is 0.965. The third-order valence-corrected chi connectivity index (χ3v) is 4.69. The van der Waals surface area contributed by atoms with Crippen LogP contribution in [0.2, 0.25) is 0 Å². The van der Waals surface area contributed by atoms with Crippen LogP contribution in [0.25, 0.3) is 10.8 Å². The van der Waals surface area contributed by atoms with Gasteiger partial charge in [0.05, 0.1) is 10.7 Å². The standard InChI is InChI=1S/C12H16N4OS2/c1-8-10(11-14-15-12(18)17-11)19-9(13-8)4-7-16-5-2-3-6-16/h2-7H2,1H3,(H,15,18). The highest BCUT2D eigenvalue weighted by Crippen LogP contribution is 2.28. The topological polar surface area (TPSA) is 58.0 Å². The van der Waals surface area contributed by atoms with E-state index in [0.717, 1.165) is 28.5 Å². The molecule has 1 aliphatic heterocycles. The zero-order valence-corrected chi connectivity index (χ0v) is 12.4. The fraction of sp³-hybridized carbons (Fsp3) is 0.583. The van der Waals surface area contributed by atoms with Gasteiger partial charge in [-0.2, -0.15) is 0 Å². The fourth-order valence-corrected chi connectivity index (χ4v) is 3.45. The van der Waals surface area contributed by atoms with Gasteiger partial charge in [0.2, 0.25) is 0 Å². The highest BCUT2D eigenvalue weighted by Gasteiger charge is 2.16. The van der Waals surface area contributed by atoms with Crippen LogP contribution in [0, 0.1) is 11.8 Å². The summed E-state index contributed by atoms with van der Waals surface area (Å²) in [6.45, 7) is 5.53. The van der Waals surface area contributed by atoms with Gasteiger partial charge in [0.1, 0.15) is 4.88 Å². The molecule has 0 spiro atoms. The number of nitrogens with zero attached hydrogens (tertiary/aromatic N) is 3. The van der Waals surface area contributed by atoms with Gasteiger partial charge in [-0.3, -0.25) is 0 Å². The van der Waals surface area contributed by atoms with Crippen molar-refractivity contribution in [3.8, 4) is 10.8 Å². The summed E-state index contributed by atoms with van der Waals surface area (Å²) >= 11 is 6.55. The number of hydrogen-bond donors (Lipinski definition) is 1. The Hall–Kier alpha value is -1.05. The first kappa shape index (κ1) is 13.0. The zero-order valence-electron chi connectivity index (χ0n) is 10.8. The SMILES string of the molecule is Cc1nc(CCN2CCCC2)sc1-c1n[nH]c(=S)o1. The van der Waals surface area contributed by atoms with Crippen molar-refractivity contribution in [2.75, 3.05) is 19.6 Å². The van der Waals surface area contributed by atoms with E-state index < -0.39 is 0 Å². The van der Waals surface area contributed by atoms with Crippen LogP contribution in [-0.4, -0.2) is 39.7 Å². The molecule has 102 valence electrons. The second kappa shape index (κ2) is 5.52. The average Bonchev–Trinajstić information content (AvgIpc) is 3.07. The first-order valence-electron chi connectivity index (χ1n) is 6.47. The normalized spacial score (nSPS) is 16.3. The van der Waals surface area contributed by atoms with Gasteiger partial charge in [-0.25, -0.2) is 10.1 Å². The molecular formula is C12H16N4OS2. The molecule has 0 aliphatic carbocycles. The zero-order chi connectivity index (χ0) is 13.2. The number of hydrogen-bond acceptors (Lipinski definition) is 6. The first-order chi connectivity index (χ1) is 9.22. The summed E-state index contributed by atoms with van der Waals surface area (Å²) < 4.78 is 5.35. The molecule has 0 atom stereocenters. The quantitative estimate of drug-likeness (QED) is 0.879. The molecular weight excluding hydrogens is 280 g/mol. The van der Waals surface area contributed by atoms with Gasteiger partial charge in [0.25, 0.3) is 10.7 Å². The molecule has 2 aromatic rings. The van der Waals surface area contributed by atoms with Gasteiger partial charge in [0.15, 0.2) is 0 Å².